The Kier molecular flexibility index (Phi) is 4.51. The van der Waals surface area contributed by atoms with Crippen LogP contribution in [0.15, 0.2) is 51.9 Å². The molecule has 0 fully saturated rings. The Balaban J connectivity index is 1.98. The van der Waals surface area contributed by atoms with Crippen molar-refractivity contribution in [2.45, 2.75) is 0 Å². The van der Waals surface area contributed by atoms with E-state index in [1.54, 1.807) is 12.1 Å². The largest absolute Gasteiger partial charge is 0.436 e. The number of hydrogen-bond donors (Lipinski definition) is 1. The molecule has 0 aliphatic rings. The van der Waals surface area contributed by atoms with Crippen LogP contribution in [0.25, 0.3) is 22.6 Å². The molecule has 114 valence electrons. The number of amidine groups is 1. The van der Waals surface area contributed by atoms with Crippen molar-refractivity contribution in [3.63, 3.8) is 0 Å². The fraction of sp³-hybridized carbons (Fsp3) is 0.0625. The second-order valence-corrected chi connectivity index (χ2v) is 5.77. The van der Waals surface area contributed by atoms with Gasteiger partial charge in [0.2, 0.25) is 5.89 Å². The first-order valence-electron chi connectivity index (χ1n) is 6.64. The van der Waals surface area contributed by atoms with E-state index in [-0.39, 0.29) is 0 Å². The number of hydrogen-bond acceptors (Lipinski definition) is 5. The Hall–Kier alpha value is -2.49. The first-order valence-corrected chi connectivity index (χ1v) is 8.24. The van der Waals surface area contributed by atoms with Crippen LogP contribution < -0.4 is 5.32 Å². The highest BCUT2D eigenvalue weighted by molar-refractivity contribution is 8.13. The maximum absolute atomic E-state index is 8.67. The molecule has 1 aromatic heterocycles. The van der Waals surface area contributed by atoms with Gasteiger partial charge in [0.15, 0.2) is 16.9 Å². The summed E-state index contributed by atoms with van der Waals surface area (Å²) in [5, 5.41) is 12.4. The molecule has 5 nitrogen and oxygen atoms in total. The molecule has 0 spiro atoms. The molecule has 0 bridgehead atoms. The number of aromatic nitrogens is 1. The average Bonchev–Trinajstić information content (AvgIpc) is 2.98. The van der Waals surface area contributed by atoms with Crippen LogP contribution in [0.4, 0.5) is 5.69 Å². The van der Waals surface area contributed by atoms with Crippen LogP contribution in [0.1, 0.15) is 0 Å². The van der Waals surface area contributed by atoms with Gasteiger partial charge in [-0.1, -0.05) is 23.4 Å². The number of nitrogens with zero attached hydrogens (tertiary/aromatic N) is 3. The number of nitriles is 1. The minimum atomic E-state index is 0.522. The van der Waals surface area contributed by atoms with Crippen molar-refractivity contribution in [1.29, 1.82) is 5.26 Å². The standard InChI is InChI=1S/C16H11ClN4OS/c1-23-16(19-9-18)20-12-6-7-14-13(8-12)21-15(22-14)10-2-4-11(17)5-3-10/h2-8H,1H3,(H,19,20). The van der Waals surface area contributed by atoms with Crippen molar-refractivity contribution >= 4 is 45.3 Å². The minimum Gasteiger partial charge on any atom is -0.436 e. The molecule has 3 rings (SSSR count). The molecule has 1 heterocycles. The fourth-order valence-corrected chi connectivity index (χ4v) is 2.46. The molecule has 23 heavy (non-hydrogen) atoms. The summed E-state index contributed by atoms with van der Waals surface area (Å²) >= 11 is 7.25. The van der Waals surface area contributed by atoms with E-state index < -0.39 is 0 Å². The topological polar surface area (TPSA) is 74.2 Å². The Morgan fingerprint density at radius 1 is 1.30 bits per heavy atom. The normalized spacial score (nSPS) is 11.4. The molecule has 2 aromatic carbocycles. The van der Waals surface area contributed by atoms with Gasteiger partial charge < -0.3 is 4.42 Å². The lowest BCUT2D eigenvalue weighted by molar-refractivity contribution is 0.620. The van der Waals surface area contributed by atoms with Gasteiger partial charge in [0.1, 0.15) is 5.52 Å². The van der Waals surface area contributed by atoms with Gasteiger partial charge in [0, 0.05) is 10.6 Å². The number of oxazole rings is 1. The Bertz CT molecular complexity index is 912. The molecule has 0 saturated carbocycles. The van der Waals surface area contributed by atoms with Gasteiger partial charge in [0.25, 0.3) is 0 Å². The lowest BCUT2D eigenvalue weighted by Gasteiger charge is -1.98. The van der Waals surface area contributed by atoms with Crippen LogP contribution in [0.5, 0.6) is 0 Å². The summed E-state index contributed by atoms with van der Waals surface area (Å²) in [5.41, 5.74) is 2.92. The monoisotopic (exact) mass is 342 g/mol. The van der Waals surface area contributed by atoms with Gasteiger partial charge in [-0.2, -0.15) is 5.26 Å². The van der Waals surface area contributed by atoms with E-state index in [2.05, 4.69) is 15.3 Å². The maximum Gasteiger partial charge on any atom is 0.227 e. The van der Waals surface area contributed by atoms with Crippen LogP contribution >= 0.6 is 23.4 Å². The molecule has 1 N–H and O–H groups in total. The molecule has 0 radical (unpaired) electrons. The summed E-state index contributed by atoms with van der Waals surface area (Å²) in [7, 11) is 0. The summed E-state index contributed by atoms with van der Waals surface area (Å²) < 4.78 is 5.75. The SMILES string of the molecule is CSC(=Nc1ccc2oc(-c3ccc(Cl)cc3)nc2c1)NC#N. The van der Waals surface area contributed by atoms with Crippen molar-refractivity contribution in [3.05, 3.63) is 47.5 Å². The number of rotatable bonds is 2. The molecular weight excluding hydrogens is 332 g/mol. The summed E-state index contributed by atoms with van der Waals surface area (Å²) in [6.07, 6.45) is 3.70. The van der Waals surface area contributed by atoms with Gasteiger partial charge >= 0.3 is 0 Å². The summed E-state index contributed by atoms with van der Waals surface area (Å²) in [6.45, 7) is 0. The van der Waals surface area contributed by atoms with E-state index in [1.165, 1.54) is 11.8 Å². The number of benzene rings is 2. The van der Waals surface area contributed by atoms with Crippen molar-refractivity contribution in [1.82, 2.24) is 10.3 Å². The number of thioether (sulfide) groups is 1. The van der Waals surface area contributed by atoms with Crippen LogP contribution in [0.2, 0.25) is 5.02 Å². The molecule has 0 atom stereocenters. The summed E-state index contributed by atoms with van der Waals surface area (Å²) in [6, 6.07) is 12.7. The highest BCUT2D eigenvalue weighted by atomic mass is 35.5. The average molecular weight is 343 g/mol. The van der Waals surface area contributed by atoms with Gasteiger partial charge in [-0.15, -0.1) is 0 Å². The van der Waals surface area contributed by atoms with Crippen LogP contribution in [-0.4, -0.2) is 16.4 Å². The zero-order valence-electron chi connectivity index (χ0n) is 12.1. The van der Waals surface area contributed by atoms with E-state index >= 15 is 0 Å². The molecule has 3 aromatic rings. The highest BCUT2D eigenvalue weighted by Gasteiger charge is 2.09. The van der Waals surface area contributed by atoms with Gasteiger partial charge in [-0.05, 0) is 48.7 Å². The van der Waals surface area contributed by atoms with E-state index in [0.717, 1.165) is 5.56 Å². The van der Waals surface area contributed by atoms with E-state index in [9.17, 15) is 0 Å². The Morgan fingerprint density at radius 2 is 2.09 bits per heavy atom. The lowest BCUT2D eigenvalue weighted by Crippen LogP contribution is -2.12. The predicted molar refractivity (Wildman–Crippen MR) is 93.8 cm³/mol. The fourth-order valence-electron chi connectivity index (χ4n) is 1.99. The van der Waals surface area contributed by atoms with Gasteiger partial charge in [0.05, 0.1) is 5.69 Å². The van der Waals surface area contributed by atoms with Crippen LogP contribution in [0.3, 0.4) is 0 Å². The highest BCUT2D eigenvalue weighted by Crippen LogP contribution is 2.28. The van der Waals surface area contributed by atoms with Crippen LogP contribution in [-0.2, 0) is 0 Å². The van der Waals surface area contributed by atoms with E-state index in [1.807, 2.05) is 42.8 Å². The summed E-state index contributed by atoms with van der Waals surface area (Å²) in [5.74, 6) is 0.526. The number of fused-ring (bicyclic) bond motifs is 1. The van der Waals surface area contributed by atoms with Crippen molar-refractivity contribution in [2.75, 3.05) is 6.26 Å². The smallest absolute Gasteiger partial charge is 0.227 e. The zero-order chi connectivity index (χ0) is 16.2. The van der Waals surface area contributed by atoms with Crippen LogP contribution in [0, 0.1) is 11.5 Å². The minimum absolute atomic E-state index is 0.522. The quantitative estimate of drug-likeness (QED) is 0.319. The Morgan fingerprint density at radius 3 is 2.78 bits per heavy atom. The first kappa shape index (κ1) is 15.4. The van der Waals surface area contributed by atoms with Gasteiger partial charge in [-0.3, -0.25) is 5.32 Å². The third-order valence-electron chi connectivity index (χ3n) is 3.05. The lowest BCUT2D eigenvalue weighted by atomic mass is 10.2. The van der Waals surface area contributed by atoms with E-state index in [0.29, 0.717) is 32.9 Å². The molecule has 0 aliphatic heterocycles. The molecule has 0 unspecified atom stereocenters. The predicted octanol–water partition coefficient (Wildman–Crippen LogP) is 4.57. The molecule has 0 aliphatic carbocycles. The van der Waals surface area contributed by atoms with Crippen molar-refractivity contribution in [3.8, 4) is 17.6 Å². The molecule has 0 saturated heterocycles. The van der Waals surface area contributed by atoms with Crippen molar-refractivity contribution in [2.24, 2.45) is 4.99 Å². The molecule has 0 amide bonds. The third kappa shape index (κ3) is 3.47. The van der Waals surface area contributed by atoms with E-state index in [4.69, 9.17) is 21.3 Å². The maximum atomic E-state index is 8.67. The zero-order valence-corrected chi connectivity index (χ0v) is 13.6. The Labute approximate surface area is 142 Å². The number of halogens is 1. The third-order valence-corrected chi connectivity index (χ3v) is 3.88. The molecular formula is C16H11ClN4OS. The number of aliphatic imine (C=N–C) groups is 1. The van der Waals surface area contributed by atoms with Gasteiger partial charge in [-0.25, -0.2) is 9.98 Å². The molecule has 7 heteroatoms. The number of nitrogens with one attached hydrogen (secondary N) is 1. The van der Waals surface area contributed by atoms with Crippen molar-refractivity contribution < 1.29 is 4.42 Å². The second-order valence-electron chi connectivity index (χ2n) is 4.54. The summed E-state index contributed by atoms with van der Waals surface area (Å²) in [4.78, 5) is 8.84. The second kappa shape index (κ2) is 6.73. The first-order chi connectivity index (χ1) is 11.2.